The maximum atomic E-state index is 13.6. The first kappa shape index (κ1) is 25.6. The van der Waals surface area contributed by atoms with E-state index in [9.17, 15) is 9.18 Å². The van der Waals surface area contributed by atoms with Crippen molar-refractivity contribution in [3.05, 3.63) is 123 Å². The topological polar surface area (TPSA) is 88.9 Å². The van der Waals surface area contributed by atoms with Crippen LogP contribution in [0.15, 0.2) is 83.7 Å². The molecule has 3 aromatic carbocycles. The first-order chi connectivity index (χ1) is 19.5. The maximum Gasteiger partial charge on any atom is 0.253 e. The van der Waals surface area contributed by atoms with Gasteiger partial charge in [-0.15, -0.1) is 5.10 Å². The molecule has 0 saturated heterocycles. The minimum Gasteiger partial charge on any atom is -0.497 e. The van der Waals surface area contributed by atoms with Crippen LogP contribution in [-0.4, -0.2) is 50.3 Å². The first-order valence-corrected chi connectivity index (χ1v) is 13.2. The van der Waals surface area contributed by atoms with Crippen molar-refractivity contribution in [2.75, 3.05) is 20.2 Å². The molecule has 0 fully saturated rings. The van der Waals surface area contributed by atoms with E-state index in [2.05, 4.69) is 31.5 Å². The molecule has 1 N–H and O–H groups in total. The fraction of sp³-hybridized carbons (Fsp3) is 0.226. The van der Waals surface area contributed by atoms with Crippen LogP contribution in [0.25, 0.3) is 16.5 Å². The molecule has 9 heteroatoms. The summed E-state index contributed by atoms with van der Waals surface area (Å²) in [5.41, 5.74) is 5.41. The van der Waals surface area contributed by atoms with Gasteiger partial charge in [0.25, 0.3) is 5.56 Å². The Bertz CT molecular complexity index is 1740. The molecule has 1 aliphatic heterocycles. The first-order valence-electron chi connectivity index (χ1n) is 13.2. The molecule has 0 bridgehead atoms. The summed E-state index contributed by atoms with van der Waals surface area (Å²) in [6.07, 6.45) is 2.88. The lowest BCUT2D eigenvalue weighted by Gasteiger charge is -2.33. The molecule has 40 heavy (non-hydrogen) atoms. The number of ether oxygens (including phenoxy) is 1. The van der Waals surface area contributed by atoms with E-state index >= 15 is 0 Å². The number of benzene rings is 3. The molecular formula is C31H29FN6O2. The monoisotopic (exact) mass is 536 g/mol. The Morgan fingerprint density at radius 2 is 1.88 bits per heavy atom. The Hall–Kier alpha value is -4.63. The van der Waals surface area contributed by atoms with Crippen molar-refractivity contribution in [2.24, 2.45) is 0 Å². The molecule has 0 unspecified atom stereocenters. The van der Waals surface area contributed by atoms with Crippen molar-refractivity contribution >= 4 is 16.5 Å². The molecule has 202 valence electrons. The number of hydrogen-bond acceptors (Lipinski definition) is 6. The predicted octanol–water partition coefficient (Wildman–Crippen LogP) is 4.90. The Balaban J connectivity index is 1.41. The van der Waals surface area contributed by atoms with Crippen LogP contribution in [0.2, 0.25) is 0 Å². The number of rotatable bonds is 7. The predicted molar refractivity (Wildman–Crippen MR) is 152 cm³/mol. The average Bonchev–Trinajstić information content (AvgIpc) is 3.43. The summed E-state index contributed by atoms with van der Waals surface area (Å²) in [6, 6.07) is 21.8. The zero-order valence-electron chi connectivity index (χ0n) is 22.3. The number of aromatic nitrogens is 5. The molecule has 2 aromatic heterocycles. The number of pyridine rings is 1. The van der Waals surface area contributed by atoms with Crippen molar-refractivity contribution in [3.8, 4) is 5.75 Å². The van der Waals surface area contributed by atoms with Gasteiger partial charge in [-0.25, -0.2) is 9.07 Å². The zero-order valence-corrected chi connectivity index (χ0v) is 22.3. The fourth-order valence-electron chi connectivity index (χ4n) is 5.37. The van der Waals surface area contributed by atoms with E-state index in [4.69, 9.17) is 4.74 Å². The van der Waals surface area contributed by atoms with Gasteiger partial charge in [-0.2, -0.15) is 0 Å². The Morgan fingerprint density at radius 3 is 2.60 bits per heavy atom. The van der Waals surface area contributed by atoms with E-state index in [0.29, 0.717) is 31.0 Å². The third kappa shape index (κ3) is 5.03. The van der Waals surface area contributed by atoms with Crippen LogP contribution in [0.4, 0.5) is 4.39 Å². The highest BCUT2D eigenvalue weighted by molar-refractivity contribution is 5.82. The fourth-order valence-corrected chi connectivity index (χ4v) is 5.37. The van der Waals surface area contributed by atoms with Gasteiger partial charge >= 0.3 is 0 Å². The number of nitrogens with one attached hydrogen (secondary N) is 1. The molecule has 0 saturated carbocycles. The van der Waals surface area contributed by atoms with E-state index in [1.54, 1.807) is 23.9 Å². The van der Waals surface area contributed by atoms with E-state index < -0.39 is 6.04 Å². The van der Waals surface area contributed by atoms with E-state index in [1.165, 1.54) is 12.1 Å². The summed E-state index contributed by atoms with van der Waals surface area (Å²) in [7, 11) is 1.64. The highest BCUT2D eigenvalue weighted by atomic mass is 19.1. The van der Waals surface area contributed by atoms with Gasteiger partial charge in [0, 0.05) is 18.7 Å². The molecule has 0 aliphatic carbocycles. The number of methoxy groups -OCH3 is 1. The number of aromatic amines is 1. The largest absolute Gasteiger partial charge is 0.497 e. The van der Waals surface area contributed by atoms with Crippen LogP contribution in [0, 0.1) is 12.7 Å². The van der Waals surface area contributed by atoms with Gasteiger partial charge in [0.05, 0.1) is 19.2 Å². The van der Waals surface area contributed by atoms with Gasteiger partial charge < -0.3 is 9.72 Å². The summed E-state index contributed by atoms with van der Waals surface area (Å²) in [5.74, 6) is 1.11. The van der Waals surface area contributed by atoms with Gasteiger partial charge in [0.2, 0.25) is 0 Å². The molecule has 6 rings (SSSR count). The smallest absolute Gasteiger partial charge is 0.253 e. The average molecular weight is 537 g/mol. The van der Waals surface area contributed by atoms with E-state index in [1.807, 2.05) is 55.5 Å². The summed E-state index contributed by atoms with van der Waals surface area (Å²) in [4.78, 5) is 18.9. The van der Waals surface area contributed by atoms with Crippen molar-refractivity contribution in [1.82, 2.24) is 30.1 Å². The Labute approximate surface area is 230 Å². The third-order valence-corrected chi connectivity index (χ3v) is 7.53. The number of halogens is 1. The number of para-hydroxylation sites is 1. The zero-order chi connectivity index (χ0) is 27.6. The second-order valence-electron chi connectivity index (χ2n) is 10.0. The number of fused-ring (bicyclic) bond motifs is 1. The van der Waals surface area contributed by atoms with Crippen molar-refractivity contribution in [1.29, 1.82) is 0 Å². The number of aryl methyl sites for hydroxylation is 1. The van der Waals surface area contributed by atoms with Gasteiger partial charge in [-0.3, -0.25) is 9.69 Å². The maximum absolute atomic E-state index is 13.6. The molecular weight excluding hydrogens is 507 g/mol. The van der Waals surface area contributed by atoms with Crippen LogP contribution in [-0.2, 0) is 6.54 Å². The van der Waals surface area contributed by atoms with Gasteiger partial charge in [-0.1, -0.05) is 48.5 Å². The molecule has 0 spiro atoms. The summed E-state index contributed by atoms with van der Waals surface area (Å²) in [6.45, 7) is 3.68. The summed E-state index contributed by atoms with van der Waals surface area (Å²) < 4.78 is 20.5. The molecule has 8 nitrogen and oxygen atoms in total. The summed E-state index contributed by atoms with van der Waals surface area (Å²) in [5, 5.41) is 13.7. The van der Waals surface area contributed by atoms with Crippen LogP contribution in [0.1, 0.15) is 40.5 Å². The lowest BCUT2D eigenvalue weighted by Crippen LogP contribution is -2.38. The van der Waals surface area contributed by atoms with Crippen molar-refractivity contribution in [2.45, 2.75) is 25.9 Å². The number of hydrogen-bond donors (Lipinski definition) is 1. The second kappa shape index (κ2) is 10.9. The standard InChI is InChI=1S/C31H29FN6O2/c1-20-4-3-5-24-18-27(31(39)33-28(20)24)29(37-16-14-23(15-17-37)22-8-10-25(32)11-9-22)30-34-35-36-38(30)19-21-6-12-26(40-2)13-7-21/h3-14,18,29H,15-17,19H2,1-2H3,(H,33,39)/t29-/m0/s1. The normalized spacial score (nSPS) is 14.7. The minimum atomic E-state index is -0.479. The number of H-pyrrole nitrogens is 1. The third-order valence-electron chi connectivity index (χ3n) is 7.53. The summed E-state index contributed by atoms with van der Waals surface area (Å²) >= 11 is 0. The molecule has 1 aliphatic rings. The van der Waals surface area contributed by atoms with Crippen LogP contribution in [0.5, 0.6) is 5.75 Å². The number of nitrogens with zero attached hydrogens (tertiary/aromatic N) is 5. The second-order valence-corrected chi connectivity index (χ2v) is 10.0. The highest BCUT2D eigenvalue weighted by Gasteiger charge is 2.31. The van der Waals surface area contributed by atoms with Crippen molar-refractivity contribution < 1.29 is 9.13 Å². The lowest BCUT2D eigenvalue weighted by atomic mass is 9.96. The molecule has 0 radical (unpaired) electrons. The van der Waals surface area contributed by atoms with E-state index in [0.717, 1.165) is 45.3 Å². The number of tetrazole rings is 1. The van der Waals surface area contributed by atoms with Gasteiger partial charge in [0.1, 0.15) is 17.6 Å². The highest BCUT2D eigenvalue weighted by Crippen LogP contribution is 2.32. The minimum absolute atomic E-state index is 0.167. The van der Waals surface area contributed by atoms with Crippen LogP contribution >= 0.6 is 0 Å². The Kier molecular flexibility index (Phi) is 6.96. The Morgan fingerprint density at radius 1 is 1.07 bits per heavy atom. The van der Waals surface area contributed by atoms with Crippen LogP contribution < -0.4 is 10.3 Å². The molecule has 5 aromatic rings. The molecule has 0 amide bonds. The van der Waals surface area contributed by atoms with E-state index in [-0.39, 0.29) is 11.4 Å². The van der Waals surface area contributed by atoms with Crippen LogP contribution in [0.3, 0.4) is 0 Å². The quantitative estimate of drug-likeness (QED) is 0.318. The van der Waals surface area contributed by atoms with Gasteiger partial charge in [0.15, 0.2) is 5.82 Å². The van der Waals surface area contributed by atoms with Crippen molar-refractivity contribution in [3.63, 3.8) is 0 Å². The molecule has 1 atom stereocenters. The lowest BCUT2D eigenvalue weighted by molar-refractivity contribution is 0.234. The van der Waals surface area contributed by atoms with Gasteiger partial charge in [-0.05, 0) is 81.8 Å². The molecule has 3 heterocycles. The SMILES string of the molecule is COc1ccc(Cn2nnnc2[C@H](c2cc3cccc(C)c3[nH]c2=O)N2CC=C(c3ccc(F)cc3)CC2)cc1.